The number of nitrogens with one attached hydrogen (secondary N) is 1. The molecule has 0 bridgehead atoms. The quantitative estimate of drug-likeness (QED) is 0.766. The van der Waals surface area contributed by atoms with E-state index in [-0.39, 0.29) is 10.8 Å². The molecule has 1 saturated heterocycles. The largest absolute Gasteiger partial charge is 0.481 e. The van der Waals surface area contributed by atoms with E-state index in [1.54, 1.807) is 11.0 Å². The third-order valence-corrected chi connectivity index (χ3v) is 4.25. The van der Waals surface area contributed by atoms with E-state index in [0.717, 1.165) is 0 Å². The molecule has 18 heavy (non-hydrogen) atoms. The number of nitrogens with zero attached hydrogens (tertiary/aromatic N) is 2. The second-order valence-corrected chi connectivity index (χ2v) is 5.89. The third kappa shape index (κ3) is 2.29. The number of hydrogen-bond acceptors (Lipinski definition) is 5. The number of sulfonamides is 1. The first-order chi connectivity index (χ1) is 8.44. The van der Waals surface area contributed by atoms with E-state index in [1.807, 2.05) is 0 Å². The summed E-state index contributed by atoms with van der Waals surface area (Å²) in [6, 6.07) is 3.02. The van der Waals surface area contributed by atoms with Crippen LogP contribution in [-0.2, 0) is 14.8 Å². The van der Waals surface area contributed by atoms with Gasteiger partial charge in [-0.25, -0.2) is 18.1 Å². The van der Waals surface area contributed by atoms with Crippen LogP contribution in [0.15, 0.2) is 23.2 Å². The van der Waals surface area contributed by atoms with E-state index in [4.69, 9.17) is 5.11 Å². The first-order valence-electron chi connectivity index (χ1n) is 5.31. The molecule has 0 aromatic carbocycles. The maximum Gasteiger partial charge on any atom is 0.310 e. The van der Waals surface area contributed by atoms with Crippen LogP contribution in [0.1, 0.15) is 0 Å². The molecule has 0 radical (unpaired) electrons. The van der Waals surface area contributed by atoms with Crippen molar-refractivity contribution in [3.05, 3.63) is 18.3 Å². The van der Waals surface area contributed by atoms with Gasteiger partial charge in [-0.1, -0.05) is 0 Å². The van der Waals surface area contributed by atoms with Crippen LogP contribution >= 0.6 is 0 Å². The van der Waals surface area contributed by atoms with Crippen LogP contribution in [-0.4, -0.2) is 44.6 Å². The van der Waals surface area contributed by atoms with Crippen LogP contribution in [0.4, 0.5) is 5.82 Å². The van der Waals surface area contributed by atoms with Gasteiger partial charge in [-0.3, -0.25) is 4.79 Å². The van der Waals surface area contributed by atoms with Crippen molar-refractivity contribution in [2.24, 2.45) is 5.92 Å². The van der Waals surface area contributed by atoms with Gasteiger partial charge in [-0.15, -0.1) is 0 Å². The standard InChI is InChI=1S/C10H13N3O4S/c1-11-18(16,17)8-2-3-9(12-4-8)13-5-7(6-13)10(14)15/h2-4,7,11H,5-6H2,1H3,(H,14,15). The summed E-state index contributed by atoms with van der Waals surface area (Å²) >= 11 is 0. The number of carboxylic acid groups (broad SMARTS) is 1. The fourth-order valence-electron chi connectivity index (χ4n) is 1.66. The summed E-state index contributed by atoms with van der Waals surface area (Å²) in [5, 5.41) is 8.75. The highest BCUT2D eigenvalue weighted by atomic mass is 32.2. The summed E-state index contributed by atoms with van der Waals surface area (Å²) in [5.41, 5.74) is 0. The minimum absolute atomic E-state index is 0.0871. The molecule has 1 aliphatic heterocycles. The molecule has 1 aromatic rings. The van der Waals surface area contributed by atoms with Crippen molar-refractivity contribution >= 4 is 21.8 Å². The van der Waals surface area contributed by atoms with Gasteiger partial charge in [0.05, 0.1) is 5.92 Å². The normalized spacial score (nSPS) is 16.4. The van der Waals surface area contributed by atoms with Gasteiger partial charge in [-0.05, 0) is 19.2 Å². The molecule has 0 saturated carbocycles. The highest BCUT2D eigenvalue weighted by Gasteiger charge is 2.33. The Morgan fingerprint density at radius 1 is 1.50 bits per heavy atom. The van der Waals surface area contributed by atoms with E-state index in [0.29, 0.717) is 18.9 Å². The minimum Gasteiger partial charge on any atom is -0.481 e. The SMILES string of the molecule is CNS(=O)(=O)c1ccc(N2CC(C(=O)O)C2)nc1. The zero-order valence-electron chi connectivity index (χ0n) is 9.70. The van der Waals surface area contributed by atoms with E-state index in [9.17, 15) is 13.2 Å². The molecule has 0 aliphatic carbocycles. The molecule has 1 aliphatic rings. The Balaban J connectivity index is 2.08. The van der Waals surface area contributed by atoms with Crippen molar-refractivity contribution in [2.75, 3.05) is 25.0 Å². The van der Waals surface area contributed by atoms with E-state index < -0.39 is 16.0 Å². The van der Waals surface area contributed by atoms with Crippen LogP contribution in [0.25, 0.3) is 0 Å². The molecule has 0 unspecified atom stereocenters. The summed E-state index contributed by atoms with van der Waals surface area (Å²) in [6.07, 6.45) is 1.26. The predicted molar refractivity (Wildman–Crippen MR) is 63.8 cm³/mol. The molecule has 2 N–H and O–H groups in total. The monoisotopic (exact) mass is 271 g/mol. The number of hydrogen-bond donors (Lipinski definition) is 2. The van der Waals surface area contributed by atoms with Crippen LogP contribution < -0.4 is 9.62 Å². The lowest BCUT2D eigenvalue weighted by Crippen LogP contribution is -2.50. The van der Waals surface area contributed by atoms with Gasteiger partial charge in [0, 0.05) is 19.3 Å². The summed E-state index contributed by atoms with van der Waals surface area (Å²) in [6.45, 7) is 0.806. The Labute approximate surface area is 104 Å². The summed E-state index contributed by atoms with van der Waals surface area (Å²) in [4.78, 5) is 16.5. The number of rotatable bonds is 4. The first kappa shape index (κ1) is 12.8. The van der Waals surface area contributed by atoms with E-state index in [2.05, 4.69) is 9.71 Å². The zero-order chi connectivity index (χ0) is 13.3. The zero-order valence-corrected chi connectivity index (χ0v) is 10.5. The number of pyridine rings is 1. The Hall–Kier alpha value is -1.67. The number of anilines is 1. The summed E-state index contributed by atoms with van der Waals surface area (Å²) < 4.78 is 25.1. The molecule has 2 heterocycles. The van der Waals surface area contributed by atoms with Crippen molar-refractivity contribution in [1.82, 2.24) is 9.71 Å². The van der Waals surface area contributed by atoms with Gasteiger partial charge in [0.1, 0.15) is 10.7 Å². The van der Waals surface area contributed by atoms with Crippen molar-refractivity contribution in [3.63, 3.8) is 0 Å². The maximum atomic E-state index is 11.5. The molecule has 8 heteroatoms. The fourth-order valence-corrected chi connectivity index (χ4v) is 2.33. The molecular weight excluding hydrogens is 258 g/mol. The maximum absolute atomic E-state index is 11.5. The van der Waals surface area contributed by atoms with E-state index >= 15 is 0 Å². The van der Waals surface area contributed by atoms with Crippen molar-refractivity contribution in [3.8, 4) is 0 Å². The summed E-state index contributed by atoms with van der Waals surface area (Å²) in [7, 11) is -2.15. The fraction of sp³-hybridized carbons (Fsp3) is 0.400. The lowest BCUT2D eigenvalue weighted by molar-refractivity contribution is -0.142. The number of carboxylic acids is 1. The Bertz CT molecular complexity index is 549. The lowest BCUT2D eigenvalue weighted by Gasteiger charge is -2.37. The van der Waals surface area contributed by atoms with E-state index in [1.165, 1.54) is 19.3 Å². The molecule has 0 amide bonds. The predicted octanol–water partition coefficient (Wildman–Crippen LogP) is -0.489. The molecule has 2 rings (SSSR count). The van der Waals surface area contributed by atoms with Gasteiger partial charge >= 0.3 is 5.97 Å². The Kier molecular flexibility index (Phi) is 3.22. The van der Waals surface area contributed by atoms with Gasteiger partial charge in [0.25, 0.3) is 0 Å². The highest BCUT2D eigenvalue weighted by Crippen LogP contribution is 2.23. The molecular formula is C10H13N3O4S. The average Bonchev–Trinajstić information content (AvgIpc) is 2.27. The molecule has 7 nitrogen and oxygen atoms in total. The van der Waals surface area contributed by atoms with Crippen LogP contribution in [0.2, 0.25) is 0 Å². The first-order valence-corrected chi connectivity index (χ1v) is 6.79. The molecule has 1 fully saturated rings. The highest BCUT2D eigenvalue weighted by molar-refractivity contribution is 7.89. The number of carbonyl (C=O) groups is 1. The van der Waals surface area contributed by atoms with Crippen molar-refractivity contribution < 1.29 is 18.3 Å². The second kappa shape index (κ2) is 4.54. The van der Waals surface area contributed by atoms with Crippen LogP contribution in [0.3, 0.4) is 0 Å². The molecule has 0 spiro atoms. The topological polar surface area (TPSA) is 99.6 Å². The number of aliphatic carboxylic acids is 1. The Morgan fingerprint density at radius 2 is 2.17 bits per heavy atom. The van der Waals surface area contributed by atoms with Crippen LogP contribution in [0, 0.1) is 5.92 Å². The molecule has 98 valence electrons. The molecule has 1 aromatic heterocycles. The van der Waals surface area contributed by atoms with Gasteiger partial charge in [-0.2, -0.15) is 0 Å². The van der Waals surface area contributed by atoms with Crippen LogP contribution in [0.5, 0.6) is 0 Å². The minimum atomic E-state index is -3.48. The molecule has 0 atom stereocenters. The van der Waals surface area contributed by atoms with Crippen molar-refractivity contribution in [1.29, 1.82) is 0 Å². The summed E-state index contributed by atoms with van der Waals surface area (Å²) in [5.74, 6) is -0.601. The second-order valence-electron chi connectivity index (χ2n) is 4.00. The Morgan fingerprint density at radius 3 is 2.61 bits per heavy atom. The average molecular weight is 271 g/mol. The lowest BCUT2D eigenvalue weighted by atomic mass is 10.0. The van der Waals surface area contributed by atoms with Crippen molar-refractivity contribution in [2.45, 2.75) is 4.90 Å². The van der Waals surface area contributed by atoms with Gasteiger partial charge in [0.15, 0.2) is 0 Å². The third-order valence-electron chi connectivity index (χ3n) is 2.85. The smallest absolute Gasteiger partial charge is 0.310 e. The van der Waals surface area contributed by atoms with Gasteiger partial charge < -0.3 is 10.0 Å². The van der Waals surface area contributed by atoms with Gasteiger partial charge in [0.2, 0.25) is 10.0 Å². The number of aromatic nitrogens is 1.